The third-order valence-corrected chi connectivity index (χ3v) is 2.00. The third-order valence-electron chi connectivity index (χ3n) is 2.00. The summed E-state index contributed by atoms with van der Waals surface area (Å²) in [6.45, 7) is 12.3. The van der Waals surface area contributed by atoms with E-state index in [0.29, 0.717) is 5.92 Å². The number of hydrogen-bond acceptors (Lipinski definition) is 0. The van der Waals surface area contributed by atoms with Gasteiger partial charge in [0.15, 0.2) is 0 Å². The summed E-state index contributed by atoms with van der Waals surface area (Å²) in [5.74, 6) is 1.47. The summed E-state index contributed by atoms with van der Waals surface area (Å²) in [5, 5.41) is 0. The molecule has 0 aliphatic rings. The molecule has 2 radical (unpaired) electrons. The molecule has 0 saturated heterocycles. The molecule has 0 aromatic rings. The molecule has 2 atom stereocenters. The Morgan fingerprint density at radius 3 is 2.27 bits per heavy atom. The Morgan fingerprint density at radius 1 is 1.18 bits per heavy atom. The Morgan fingerprint density at radius 2 is 1.82 bits per heavy atom. The standard InChI is InChI=1S/C11H22/c1-5-6-7-8-11(4)9-10(2)3/h10-11H,1-2,5-9H2,3-4H3. The van der Waals surface area contributed by atoms with E-state index >= 15 is 0 Å². The first-order chi connectivity index (χ1) is 5.16. The summed E-state index contributed by atoms with van der Waals surface area (Å²) in [4.78, 5) is 0. The lowest BCUT2D eigenvalue weighted by Gasteiger charge is -2.12. The number of rotatable bonds is 6. The van der Waals surface area contributed by atoms with Gasteiger partial charge in [-0.2, -0.15) is 0 Å². The molecule has 0 spiro atoms. The van der Waals surface area contributed by atoms with Gasteiger partial charge in [0.1, 0.15) is 0 Å². The van der Waals surface area contributed by atoms with Crippen LogP contribution in [0.5, 0.6) is 0 Å². The molecule has 0 aliphatic heterocycles. The van der Waals surface area contributed by atoms with E-state index in [1.807, 2.05) is 0 Å². The van der Waals surface area contributed by atoms with E-state index < -0.39 is 0 Å². The van der Waals surface area contributed by atoms with E-state index in [9.17, 15) is 0 Å². The van der Waals surface area contributed by atoms with Crippen LogP contribution in [0.3, 0.4) is 0 Å². The quantitative estimate of drug-likeness (QED) is 0.509. The fourth-order valence-corrected chi connectivity index (χ4v) is 1.47. The van der Waals surface area contributed by atoms with Crippen LogP contribution in [0.25, 0.3) is 0 Å². The summed E-state index contributed by atoms with van der Waals surface area (Å²) < 4.78 is 0. The van der Waals surface area contributed by atoms with Gasteiger partial charge < -0.3 is 0 Å². The maximum atomic E-state index is 3.99. The molecule has 0 heteroatoms. The van der Waals surface area contributed by atoms with Crippen molar-refractivity contribution >= 4 is 0 Å². The molecular formula is C11H22. The molecule has 0 bridgehead atoms. The lowest BCUT2D eigenvalue weighted by atomic mass is 9.94. The zero-order valence-corrected chi connectivity index (χ0v) is 8.10. The molecule has 66 valence electrons. The second kappa shape index (κ2) is 6.69. The summed E-state index contributed by atoms with van der Waals surface area (Å²) in [5.41, 5.74) is 0. The summed E-state index contributed by atoms with van der Waals surface area (Å²) in [7, 11) is 0. The van der Waals surface area contributed by atoms with Crippen molar-refractivity contribution in [2.24, 2.45) is 11.8 Å². The Bertz CT molecular complexity index is 74.1. The second-order valence-electron chi connectivity index (χ2n) is 3.80. The molecule has 0 fully saturated rings. The molecule has 0 rings (SSSR count). The Kier molecular flexibility index (Phi) is 6.69. The highest BCUT2D eigenvalue weighted by atomic mass is 14.1. The van der Waals surface area contributed by atoms with Crippen LogP contribution in [0, 0.1) is 25.7 Å². The first-order valence-corrected chi connectivity index (χ1v) is 4.79. The van der Waals surface area contributed by atoms with E-state index in [1.165, 1.54) is 25.7 Å². The monoisotopic (exact) mass is 154 g/mol. The van der Waals surface area contributed by atoms with Gasteiger partial charge in [-0.15, -0.1) is 0 Å². The van der Waals surface area contributed by atoms with Crippen LogP contribution in [0.1, 0.15) is 46.0 Å². The van der Waals surface area contributed by atoms with Gasteiger partial charge in [-0.25, -0.2) is 0 Å². The number of unbranched alkanes of at least 4 members (excludes halogenated alkanes) is 2. The fraction of sp³-hybridized carbons (Fsp3) is 0.818. The molecule has 0 amide bonds. The molecule has 2 unspecified atom stereocenters. The lowest BCUT2D eigenvalue weighted by molar-refractivity contribution is 0.420. The van der Waals surface area contributed by atoms with Crippen molar-refractivity contribution < 1.29 is 0 Å². The lowest BCUT2D eigenvalue weighted by Crippen LogP contribution is -1.99. The molecule has 0 heterocycles. The maximum absolute atomic E-state index is 3.99. The van der Waals surface area contributed by atoms with Gasteiger partial charge >= 0.3 is 0 Å². The average Bonchev–Trinajstić information content (AvgIpc) is 1.86. The van der Waals surface area contributed by atoms with Gasteiger partial charge in [0.05, 0.1) is 0 Å². The molecular weight excluding hydrogens is 132 g/mol. The van der Waals surface area contributed by atoms with Crippen molar-refractivity contribution in [1.29, 1.82) is 0 Å². The van der Waals surface area contributed by atoms with Gasteiger partial charge in [0.25, 0.3) is 0 Å². The molecule has 0 nitrogen and oxygen atoms in total. The van der Waals surface area contributed by atoms with Gasteiger partial charge in [0.2, 0.25) is 0 Å². The molecule has 0 saturated carbocycles. The van der Waals surface area contributed by atoms with Crippen molar-refractivity contribution in [1.82, 2.24) is 0 Å². The minimum Gasteiger partial charge on any atom is -0.0625 e. The third kappa shape index (κ3) is 7.90. The van der Waals surface area contributed by atoms with E-state index in [0.717, 1.165) is 12.3 Å². The van der Waals surface area contributed by atoms with Gasteiger partial charge in [-0.1, -0.05) is 53.4 Å². The highest BCUT2D eigenvalue weighted by molar-refractivity contribution is 4.61. The van der Waals surface area contributed by atoms with Crippen molar-refractivity contribution in [3.8, 4) is 0 Å². The average molecular weight is 154 g/mol. The summed E-state index contributed by atoms with van der Waals surface area (Å²) in [6.07, 6.45) is 6.35. The van der Waals surface area contributed by atoms with E-state index in [-0.39, 0.29) is 0 Å². The van der Waals surface area contributed by atoms with Crippen molar-refractivity contribution in [3.05, 3.63) is 13.8 Å². The minimum absolute atomic E-state index is 0.616. The largest absolute Gasteiger partial charge is 0.0625 e. The van der Waals surface area contributed by atoms with E-state index in [4.69, 9.17) is 0 Å². The van der Waals surface area contributed by atoms with Crippen LogP contribution in [-0.4, -0.2) is 0 Å². The second-order valence-corrected chi connectivity index (χ2v) is 3.80. The first kappa shape index (κ1) is 11.0. The van der Waals surface area contributed by atoms with Gasteiger partial charge in [-0.3, -0.25) is 0 Å². The Hall–Kier alpha value is 0. The molecule has 0 aromatic carbocycles. The van der Waals surface area contributed by atoms with Crippen LogP contribution in [0.15, 0.2) is 0 Å². The number of hydrogen-bond donors (Lipinski definition) is 0. The summed E-state index contributed by atoms with van der Waals surface area (Å²) in [6, 6.07) is 0. The normalized spacial score (nSPS) is 13.9. The van der Waals surface area contributed by atoms with Crippen molar-refractivity contribution in [3.63, 3.8) is 0 Å². The van der Waals surface area contributed by atoms with Crippen LogP contribution in [0.4, 0.5) is 0 Å². The van der Waals surface area contributed by atoms with Crippen LogP contribution in [-0.2, 0) is 0 Å². The molecule has 0 aromatic heterocycles. The predicted molar refractivity (Wildman–Crippen MR) is 52.1 cm³/mol. The van der Waals surface area contributed by atoms with Crippen LogP contribution >= 0.6 is 0 Å². The highest BCUT2D eigenvalue weighted by Gasteiger charge is 2.03. The van der Waals surface area contributed by atoms with Gasteiger partial charge in [0, 0.05) is 0 Å². The molecule has 11 heavy (non-hydrogen) atoms. The Balaban J connectivity index is 3.15. The van der Waals surface area contributed by atoms with E-state index in [2.05, 4.69) is 27.7 Å². The topological polar surface area (TPSA) is 0 Å². The SMILES string of the molecule is [CH2]CCCCC(C)CC([CH2])C. The molecule has 0 aliphatic carbocycles. The maximum Gasteiger partial charge on any atom is -0.0440 e. The summed E-state index contributed by atoms with van der Waals surface area (Å²) >= 11 is 0. The smallest absolute Gasteiger partial charge is 0.0440 e. The van der Waals surface area contributed by atoms with Crippen LogP contribution in [0.2, 0.25) is 0 Å². The van der Waals surface area contributed by atoms with E-state index in [1.54, 1.807) is 0 Å². The first-order valence-electron chi connectivity index (χ1n) is 4.79. The zero-order valence-electron chi connectivity index (χ0n) is 8.10. The fourth-order valence-electron chi connectivity index (χ4n) is 1.47. The molecule has 0 N–H and O–H groups in total. The van der Waals surface area contributed by atoms with Crippen molar-refractivity contribution in [2.45, 2.75) is 46.0 Å². The predicted octanol–water partition coefficient (Wildman–Crippen LogP) is 3.88. The Labute approximate surface area is 72.4 Å². The zero-order chi connectivity index (χ0) is 8.69. The van der Waals surface area contributed by atoms with Crippen molar-refractivity contribution in [2.75, 3.05) is 0 Å². The highest BCUT2D eigenvalue weighted by Crippen LogP contribution is 2.17. The van der Waals surface area contributed by atoms with Gasteiger partial charge in [-0.05, 0) is 18.3 Å². The minimum atomic E-state index is 0.616. The van der Waals surface area contributed by atoms with Crippen LogP contribution < -0.4 is 0 Å².